The molecule has 1 aliphatic rings. The summed E-state index contributed by atoms with van der Waals surface area (Å²) in [5, 5.41) is 10.2. The quantitative estimate of drug-likeness (QED) is 0.654. The number of rotatable bonds is 5. The molecular formula is C16H25NO2. The van der Waals surface area contributed by atoms with Crippen LogP contribution in [0.4, 0.5) is 0 Å². The number of hydrogen-bond donors (Lipinski definition) is 1. The van der Waals surface area contributed by atoms with Crippen LogP contribution in [0.3, 0.4) is 0 Å². The van der Waals surface area contributed by atoms with Crippen molar-refractivity contribution < 1.29 is 9.84 Å². The summed E-state index contributed by atoms with van der Waals surface area (Å²) in [5.41, 5.74) is 3.58. The molecule has 19 heavy (non-hydrogen) atoms. The van der Waals surface area contributed by atoms with Crippen molar-refractivity contribution in [3.05, 3.63) is 35.7 Å². The Bertz CT molecular complexity index is 459. The van der Waals surface area contributed by atoms with Gasteiger partial charge >= 0.3 is 0 Å². The van der Waals surface area contributed by atoms with Gasteiger partial charge in [0.25, 0.3) is 0 Å². The first-order valence-corrected chi connectivity index (χ1v) is 6.97. The van der Waals surface area contributed by atoms with Crippen molar-refractivity contribution in [1.82, 2.24) is 4.57 Å². The predicted molar refractivity (Wildman–Crippen MR) is 77.1 cm³/mol. The maximum atomic E-state index is 10.2. The minimum atomic E-state index is -0.323. The van der Waals surface area contributed by atoms with Gasteiger partial charge in [-0.25, -0.2) is 0 Å². The van der Waals surface area contributed by atoms with E-state index in [4.69, 9.17) is 4.74 Å². The van der Waals surface area contributed by atoms with Crippen LogP contribution in [0.5, 0.6) is 0 Å². The average Bonchev–Trinajstić information content (AvgIpc) is 2.66. The average molecular weight is 263 g/mol. The molecule has 3 heteroatoms. The van der Waals surface area contributed by atoms with Crippen LogP contribution < -0.4 is 0 Å². The third kappa shape index (κ3) is 3.48. The Morgan fingerprint density at radius 1 is 1.58 bits per heavy atom. The molecule has 0 amide bonds. The topological polar surface area (TPSA) is 34.4 Å². The maximum absolute atomic E-state index is 10.2. The molecule has 0 saturated heterocycles. The van der Waals surface area contributed by atoms with Gasteiger partial charge in [-0.2, -0.15) is 0 Å². The highest BCUT2D eigenvalue weighted by Crippen LogP contribution is 2.40. The van der Waals surface area contributed by atoms with Crippen molar-refractivity contribution >= 4 is 0 Å². The molecule has 1 N–H and O–H groups in total. The fourth-order valence-corrected chi connectivity index (χ4v) is 2.81. The minimum Gasteiger partial charge on any atom is -0.388 e. The van der Waals surface area contributed by atoms with Crippen LogP contribution in [-0.2, 0) is 17.7 Å². The standard InChI is InChI=1S/C16H25NO2/c1-12(2)11-19-8-7-17-6-5-13-14(17)9-16(3,4)10-15(13)18/h5-6,15,18H,1,7-11H2,2-4H3. The normalized spacial score (nSPS) is 21.2. The van der Waals surface area contributed by atoms with Crippen LogP contribution in [0.15, 0.2) is 24.4 Å². The number of aromatic nitrogens is 1. The zero-order valence-corrected chi connectivity index (χ0v) is 12.3. The zero-order valence-electron chi connectivity index (χ0n) is 12.3. The minimum absolute atomic E-state index is 0.168. The monoisotopic (exact) mass is 263 g/mol. The second-order valence-corrected chi connectivity index (χ2v) is 6.48. The summed E-state index contributed by atoms with van der Waals surface area (Å²) in [5.74, 6) is 0. The van der Waals surface area contributed by atoms with Crippen molar-refractivity contribution in [2.75, 3.05) is 13.2 Å². The van der Waals surface area contributed by atoms with Crippen molar-refractivity contribution in [3.8, 4) is 0 Å². The zero-order chi connectivity index (χ0) is 14.0. The maximum Gasteiger partial charge on any atom is 0.0812 e. The lowest BCUT2D eigenvalue weighted by Crippen LogP contribution is -2.27. The molecule has 1 atom stereocenters. The van der Waals surface area contributed by atoms with Gasteiger partial charge in [-0.3, -0.25) is 0 Å². The van der Waals surface area contributed by atoms with Gasteiger partial charge in [-0.15, -0.1) is 0 Å². The molecule has 0 spiro atoms. The van der Waals surface area contributed by atoms with Gasteiger partial charge in [0.05, 0.1) is 19.3 Å². The summed E-state index contributed by atoms with van der Waals surface area (Å²) in [6.45, 7) is 12.4. The molecule has 1 aromatic heterocycles. The number of fused-ring (bicyclic) bond motifs is 1. The number of aliphatic hydroxyl groups excluding tert-OH is 1. The highest BCUT2D eigenvalue weighted by Gasteiger charge is 2.32. The van der Waals surface area contributed by atoms with E-state index in [0.717, 1.165) is 30.5 Å². The van der Waals surface area contributed by atoms with E-state index < -0.39 is 0 Å². The first kappa shape index (κ1) is 14.4. The second kappa shape index (κ2) is 5.51. The summed E-state index contributed by atoms with van der Waals surface area (Å²) >= 11 is 0. The molecule has 0 aliphatic heterocycles. The molecule has 0 fully saturated rings. The molecule has 1 aromatic rings. The molecule has 0 saturated carbocycles. The molecule has 0 aromatic carbocycles. The molecule has 0 bridgehead atoms. The Hall–Kier alpha value is -1.06. The van der Waals surface area contributed by atoms with Crippen molar-refractivity contribution in [1.29, 1.82) is 0 Å². The fourth-order valence-electron chi connectivity index (χ4n) is 2.81. The SMILES string of the molecule is C=C(C)COCCn1ccc2c1CC(C)(C)CC2O. The molecule has 0 radical (unpaired) electrons. The lowest BCUT2D eigenvalue weighted by molar-refractivity contribution is 0.0964. The van der Waals surface area contributed by atoms with Crippen LogP contribution in [0.1, 0.15) is 44.6 Å². The van der Waals surface area contributed by atoms with Crippen molar-refractivity contribution in [2.24, 2.45) is 5.41 Å². The van der Waals surface area contributed by atoms with Crippen LogP contribution in [-0.4, -0.2) is 22.9 Å². The second-order valence-electron chi connectivity index (χ2n) is 6.48. The van der Waals surface area contributed by atoms with Crippen LogP contribution >= 0.6 is 0 Å². The third-order valence-corrected chi connectivity index (χ3v) is 3.69. The van der Waals surface area contributed by atoms with E-state index in [1.54, 1.807) is 0 Å². The molecule has 1 heterocycles. The predicted octanol–water partition coefficient (Wildman–Crippen LogP) is 3.09. The molecule has 1 unspecified atom stereocenters. The highest BCUT2D eigenvalue weighted by atomic mass is 16.5. The summed E-state index contributed by atoms with van der Waals surface area (Å²) in [6.07, 6.45) is 3.61. The van der Waals surface area contributed by atoms with Gasteiger partial charge in [0.1, 0.15) is 0 Å². The Balaban J connectivity index is 2.02. The van der Waals surface area contributed by atoms with Gasteiger partial charge in [0, 0.05) is 24.0 Å². The number of nitrogens with zero attached hydrogens (tertiary/aromatic N) is 1. The number of aliphatic hydroxyl groups is 1. The number of hydrogen-bond acceptors (Lipinski definition) is 2. The Labute approximate surface area is 115 Å². The van der Waals surface area contributed by atoms with Gasteiger partial charge < -0.3 is 14.4 Å². The Morgan fingerprint density at radius 2 is 2.32 bits per heavy atom. The molecular weight excluding hydrogens is 238 g/mol. The summed E-state index contributed by atoms with van der Waals surface area (Å²) in [4.78, 5) is 0. The van der Waals surface area contributed by atoms with E-state index in [2.05, 4.69) is 31.2 Å². The first-order chi connectivity index (χ1) is 8.89. The Kier molecular flexibility index (Phi) is 4.16. The van der Waals surface area contributed by atoms with Crippen molar-refractivity contribution in [3.63, 3.8) is 0 Å². The van der Waals surface area contributed by atoms with E-state index in [9.17, 15) is 5.11 Å². The van der Waals surface area contributed by atoms with E-state index in [0.29, 0.717) is 13.2 Å². The van der Waals surface area contributed by atoms with Gasteiger partial charge in [-0.1, -0.05) is 26.0 Å². The van der Waals surface area contributed by atoms with Gasteiger partial charge in [-0.05, 0) is 31.2 Å². The van der Waals surface area contributed by atoms with Crippen LogP contribution in [0.25, 0.3) is 0 Å². The smallest absolute Gasteiger partial charge is 0.0812 e. The molecule has 3 nitrogen and oxygen atoms in total. The summed E-state index contributed by atoms with van der Waals surface area (Å²) in [7, 11) is 0. The lowest BCUT2D eigenvalue weighted by Gasteiger charge is -2.34. The van der Waals surface area contributed by atoms with E-state index in [1.165, 1.54) is 5.69 Å². The van der Waals surface area contributed by atoms with Crippen LogP contribution in [0.2, 0.25) is 0 Å². The van der Waals surface area contributed by atoms with Crippen LogP contribution in [0, 0.1) is 5.41 Å². The van der Waals surface area contributed by atoms with E-state index >= 15 is 0 Å². The highest BCUT2D eigenvalue weighted by molar-refractivity contribution is 5.29. The molecule has 2 rings (SSSR count). The van der Waals surface area contributed by atoms with Gasteiger partial charge in [0.15, 0.2) is 0 Å². The van der Waals surface area contributed by atoms with Crippen molar-refractivity contribution in [2.45, 2.75) is 46.3 Å². The van der Waals surface area contributed by atoms with E-state index in [-0.39, 0.29) is 11.5 Å². The third-order valence-electron chi connectivity index (χ3n) is 3.69. The van der Waals surface area contributed by atoms with Gasteiger partial charge in [0.2, 0.25) is 0 Å². The first-order valence-electron chi connectivity index (χ1n) is 6.97. The fraction of sp³-hybridized carbons (Fsp3) is 0.625. The molecule has 106 valence electrons. The largest absolute Gasteiger partial charge is 0.388 e. The number of ether oxygens (including phenoxy) is 1. The summed E-state index contributed by atoms with van der Waals surface area (Å²) < 4.78 is 7.78. The Morgan fingerprint density at radius 3 is 3.00 bits per heavy atom. The van der Waals surface area contributed by atoms with E-state index in [1.807, 2.05) is 13.0 Å². The lowest BCUT2D eigenvalue weighted by atomic mass is 9.75. The summed E-state index contributed by atoms with van der Waals surface area (Å²) in [6, 6.07) is 2.05. The molecule has 1 aliphatic carbocycles.